The molecule has 0 aromatic heterocycles. The Labute approximate surface area is 405 Å². The van der Waals surface area contributed by atoms with Gasteiger partial charge in [0.05, 0.1) is 7.11 Å². The van der Waals surface area contributed by atoms with Crippen LogP contribution in [0.5, 0.6) is 23.0 Å². The zero-order valence-corrected chi connectivity index (χ0v) is 38.8. The molecule has 0 radical (unpaired) electrons. The van der Waals surface area contributed by atoms with Crippen LogP contribution in [-0.4, -0.2) is 118 Å². The lowest BCUT2D eigenvalue weighted by Crippen LogP contribution is -2.89. The Bertz CT molecular complexity index is 3470. The van der Waals surface area contributed by atoms with Crippen LogP contribution in [0.2, 0.25) is 0 Å². The molecule has 38 heteroatoms. The highest BCUT2D eigenvalue weighted by atomic mass is 32.2. The zero-order valence-electron chi connectivity index (χ0n) is 35.6. The van der Waals surface area contributed by atoms with Gasteiger partial charge in [-0.15, -0.1) is 0 Å². The summed E-state index contributed by atoms with van der Waals surface area (Å²) in [5.41, 5.74) is -17.6. The molecule has 416 valence electrons. The van der Waals surface area contributed by atoms with Crippen molar-refractivity contribution < 1.29 is 150 Å². The minimum absolute atomic E-state index is 0.000597. The van der Waals surface area contributed by atoms with E-state index in [0.717, 1.165) is 0 Å². The summed E-state index contributed by atoms with van der Waals surface area (Å²) in [6.07, 6.45) is -13.8. The van der Waals surface area contributed by atoms with E-state index in [1.54, 1.807) is 0 Å². The monoisotopic (exact) mass is 1190 g/mol. The van der Waals surface area contributed by atoms with Gasteiger partial charge in [-0.1, -0.05) is 24.3 Å². The van der Waals surface area contributed by atoms with E-state index in [9.17, 15) is 100 Å². The molecule has 2 saturated carbocycles. The van der Waals surface area contributed by atoms with Crippen LogP contribution in [-0.2, 0) is 45.9 Å². The standard InChI is InChI=1S/C37H22F18O16S4/c1-27(38)29(39,40)30(41,42)33(27,47)69-20-7-3-15(11-23(20)72(56,57)58)16-4-8-21(24(12-16)73(59,60)61)70-34(48)31(43,44)32(45,46)35(34,49)71-22-10-6-18(14-26(22)75(65,66)67)28(36(50,51)52,37(53,54)55)17-5-9-19(68-2)25(13-17)74(62,63)64/h3-14H,1-2H3,(H,56,57,58)(H,59,60,61)(H,62,63,64)(H,65,66,67). The van der Waals surface area contributed by atoms with Crippen LogP contribution >= 0.6 is 0 Å². The van der Waals surface area contributed by atoms with Crippen molar-refractivity contribution in [1.82, 2.24) is 0 Å². The number of rotatable bonds is 14. The van der Waals surface area contributed by atoms with E-state index in [1.807, 2.05) is 0 Å². The van der Waals surface area contributed by atoms with Crippen LogP contribution in [0.1, 0.15) is 18.1 Å². The average molecular weight is 1190 g/mol. The van der Waals surface area contributed by atoms with Gasteiger partial charge < -0.3 is 18.9 Å². The maximum Gasteiger partial charge on any atom is 0.411 e. The number of methoxy groups -OCH3 is 1. The topological polar surface area (TPSA) is 254 Å². The van der Waals surface area contributed by atoms with Gasteiger partial charge in [0.1, 0.15) is 42.6 Å². The van der Waals surface area contributed by atoms with E-state index in [2.05, 4.69) is 18.9 Å². The van der Waals surface area contributed by atoms with Crippen LogP contribution in [0, 0.1) is 0 Å². The van der Waals surface area contributed by atoms with Gasteiger partial charge in [0.25, 0.3) is 46.1 Å². The minimum Gasteiger partial charge on any atom is -0.495 e. The van der Waals surface area contributed by atoms with E-state index in [-0.39, 0.29) is 42.5 Å². The number of ether oxygens (including phenoxy) is 4. The van der Waals surface area contributed by atoms with Crippen molar-refractivity contribution in [1.29, 1.82) is 0 Å². The fourth-order valence-corrected chi connectivity index (χ4v) is 10.2. The molecule has 0 saturated heterocycles. The van der Waals surface area contributed by atoms with E-state index >= 15 is 30.7 Å². The molecule has 4 N–H and O–H groups in total. The fourth-order valence-electron chi connectivity index (χ4n) is 7.62. The second-order valence-corrected chi connectivity index (χ2v) is 21.4. The van der Waals surface area contributed by atoms with Crippen molar-refractivity contribution in [3.63, 3.8) is 0 Å². The maximum absolute atomic E-state index is 16.5. The summed E-state index contributed by atoms with van der Waals surface area (Å²) in [5.74, 6) is -51.6. The first kappa shape index (κ1) is 58.7. The van der Waals surface area contributed by atoms with Gasteiger partial charge in [-0.25, -0.2) is 4.39 Å². The summed E-state index contributed by atoms with van der Waals surface area (Å²) < 4.78 is 423. The van der Waals surface area contributed by atoms with Gasteiger partial charge in [-0.05, 0) is 77.7 Å². The van der Waals surface area contributed by atoms with Crippen LogP contribution in [0.3, 0.4) is 0 Å². The molecule has 4 aromatic carbocycles. The van der Waals surface area contributed by atoms with E-state index in [4.69, 9.17) is 0 Å². The molecule has 2 fully saturated rings. The van der Waals surface area contributed by atoms with E-state index in [1.165, 1.54) is 0 Å². The number of hydrogen-bond acceptors (Lipinski definition) is 12. The predicted octanol–water partition coefficient (Wildman–Crippen LogP) is 8.89. The second kappa shape index (κ2) is 16.7. The van der Waals surface area contributed by atoms with Crippen molar-refractivity contribution in [3.05, 3.63) is 83.9 Å². The van der Waals surface area contributed by atoms with E-state index < -0.39 is 201 Å². The first-order valence-corrected chi connectivity index (χ1v) is 24.6. The van der Waals surface area contributed by atoms with Crippen molar-refractivity contribution in [2.75, 3.05) is 7.11 Å². The van der Waals surface area contributed by atoms with Crippen LogP contribution in [0.25, 0.3) is 11.1 Å². The molecule has 0 heterocycles. The third-order valence-electron chi connectivity index (χ3n) is 11.5. The van der Waals surface area contributed by atoms with Crippen LogP contribution < -0.4 is 18.9 Å². The summed E-state index contributed by atoms with van der Waals surface area (Å²) in [6, 6.07) is -2.83. The van der Waals surface area contributed by atoms with Gasteiger partial charge >= 0.3 is 53.6 Å². The van der Waals surface area contributed by atoms with Crippen LogP contribution in [0.15, 0.2) is 92.4 Å². The van der Waals surface area contributed by atoms with Crippen molar-refractivity contribution in [3.8, 4) is 34.1 Å². The SMILES string of the molecule is COc1ccc(C(c2ccc(OC3(F)C(F)(F)C(F)(F)C3(F)Oc3ccc(-c4ccc(OC5(F)C(C)(F)C(F)(F)C5(F)F)c(S(=O)(=O)O)c4)cc3S(=O)(=O)O)c(S(=O)(=O)O)c2)(C(F)(F)F)C(F)(F)F)cc1S(=O)(=O)O. The number of halogens is 18. The van der Waals surface area contributed by atoms with Crippen molar-refractivity contribution in [2.45, 2.75) is 91.2 Å². The molecule has 16 nitrogen and oxygen atoms in total. The summed E-state index contributed by atoms with van der Waals surface area (Å²) in [6.45, 7) is -0.451. The molecule has 0 spiro atoms. The molecular formula is C37H22F18O16S4. The third-order valence-corrected chi connectivity index (χ3v) is 15.0. The first-order valence-electron chi connectivity index (χ1n) is 18.8. The molecule has 0 aliphatic heterocycles. The molecule has 4 unspecified atom stereocenters. The Hall–Kier alpha value is -5.54. The molecule has 4 aromatic rings. The van der Waals surface area contributed by atoms with Gasteiger partial charge in [0.2, 0.25) is 5.41 Å². The van der Waals surface area contributed by atoms with Crippen LogP contribution in [0.4, 0.5) is 79.0 Å². The normalized spacial score (nSPS) is 25.6. The highest BCUT2D eigenvalue weighted by Gasteiger charge is 3.04. The highest BCUT2D eigenvalue weighted by molar-refractivity contribution is 7.86. The Kier molecular flexibility index (Phi) is 13.1. The van der Waals surface area contributed by atoms with Gasteiger partial charge in [-0.3, -0.25) is 18.2 Å². The number of benzene rings is 4. The van der Waals surface area contributed by atoms with Gasteiger partial charge in [-0.2, -0.15) is 108 Å². The lowest BCUT2D eigenvalue weighted by molar-refractivity contribution is -0.527. The lowest BCUT2D eigenvalue weighted by Gasteiger charge is -2.55. The zero-order chi connectivity index (χ0) is 57.7. The summed E-state index contributed by atoms with van der Waals surface area (Å²) in [4.78, 5) is -8.70. The molecule has 0 amide bonds. The highest BCUT2D eigenvalue weighted by Crippen LogP contribution is 2.70. The Morgan fingerprint density at radius 1 is 0.400 bits per heavy atom. The summed E-state index contributed by atoms with van der Waals surface area (Å²) in [7, 11) is -24.2. The van der Waals surface area contributed by atoms with E-state index in [0.29, 0.717) is 13.2 Å². The van der Waals surface area contributed by atoms with Gasteiger partial charge in [0, 0.05) is 0 Å². The van der Waals surface area contributed by atoms with Crippen molar-refractivity contribution >= 4 is 40.5 Å². The third kappa shape index (κ3) is 8.08. The Morgan fingerprint density at radius 3 is 0.960 bits per heavy atom. The first-order chi connectivity index (χ1) is 33.3. The Balaban J connectivity index is 1.49. The lowest BCUT2D eigenvalue weighted by atomic mass is 9.69. The molecule has 0 bridgehead atoms. The predicted molar refractivity (Wildman–Crippen MR) is 206 cm³/mol. The smallest absolute Gasteiger partial charge is 0.411 e. The quantitative estimate of drug-likeness (QED) is 0.0679. The average Bonchev–Trinajstić information content (AvgIpc) is 3.23. The number of alkyl halides is 18. The number of hydrogen-bond donors (Lipinski definition) is 4. The molecule has 2 aliphatic carbocycles. The summed E-state index contributed by atoms with van der Waals surface area (Å²) in [5, 5.41) is 0. The minimum atomic E-state index is -6.89. The second-order valence-electron chi connectivity index (χ2n) is 15.9. The Morgan fingerprint density at radius 2 is 0.667 bits per heavy atom. The summed E-state index contributed by atoms with van der Waals surface area (Å²) >= 11 is 0. The molecule has 75 heavy (non-hydrogen) atoms. The largest absolute Gasteiger partial charge is 0.495 e. The molecule has 6 rings (SSSR count). The maximum atomic E-state index is 16.5. The molecule has 2 aliphatic rings. The molecular weight excluding hydrogens is 1170 g/mol. The van der Waals surface area contributed by atoms with Crippen molar-refractivity contribution in [2.24, 2.45) is 0 Å². The molecule has 4 atom stereocenters. The fraction of sp³-hybridized carbons (Fsp3) is 0.351. The van der Waals surface area contributed by atoms with Gasteiger partial charge in [0.15, 0.2) is 0 Å².